The van der Waals surface area contributed by atoms with Crippen LogP contribution < -0.4 is 5.73 Å². The molecule has 0 saturated carbocycles. The highest BCUT2D eigenvalue weighted by Crippen LogP contribution is 2.29. The average molecular weight is 228 g/mol. The predicted molar refractivity (Wildman–Crippen MR) is 54.5 cm³/mol. The summed E-state index contributed by atoms with van der Waals surface area (Å²) in [6.45, 7) is 5.70. The van der Waals surface area contributed by atoms with Crippen molar-refractivity contribution >= 4 is 17.6 Å². The van der Waals surface area contributed by atoms with Crippen molar-refractivity contribution in [2.45, 2.75) is 26.3 Å². The first-order valence-corrected chi connectivity index (χ1v) is 5.12. The maximum atomic E-state index is 11.7. The van der Waals surface area contributed by atoms with Crippen molar-refractivity contribution in [2.75, 3.05) is 12.3 Å². The molecule has 2 nitrogen and oxygen atoms in total. The summed E-state index contributed by atoms with van der Waals surface area (Å²) in [6.07, 6.45) is 0. The van der Waals surface area contributed by atoms with Gasteiger partial charge in [-0.25, -0.2) is 0 Å². The second kappa shape index (κ2) is 4.91. The van der Waals surface area contributed by atoms with Gasteiger partial charge in [0.25, 0.3) is 0 Å². The molecule has 0 spiro atoms. The molecule has 0 bridgehead atoms. The van der Waals surface area contributed by atoms with Crippen molar-refractivity contribution in [3.05, 3.63) is 0 Å². The van der Waals surface area contributed by atoms with Crippen molar-refractivity contribution in [1.29, 1.82) is 0 Å². The Kier molecular flexibility index (Phi) is 4.77. The van der Waals surface area contributed by atoms with Gasteiger partial charge in [0.1, 0.15) is 0 Å². The minimum atomic E-state index is -4.17. The van der Waals surface area contributed by atoms with Crippen LogP contribution in [0.5, 0.6) is 0 Å². The molecule has 0 heterocycles. The maximum Gasteiger partial charge on any atom is 0.441 e. The van der Waals surface area contributed by atoms with Crippen molar-refractivity contribution in [3.8, 4) is 0 Å². The summed E-state index contributed by atoms with van der Waals surface area (Å²) in [7, 11) is 0. The van der Waals surface area contributed by atoms with Crippen LogP contribution >= 0.6 is 11.8 Å². The van der Waals surface area contributed by atoms with Gasteiger partial charge in [-0.2, -0.15) is 13.2 Å². The van der Waals surface area contributed by atoms with Crippen LogP contribution in [-0.2, 0) is 0 Å². The van der Waals surface area contributed by atoms with Gasteiger partial charge in [0, 0.05) is 11.2 Å². The lowest BCUT2D eigenvalue weighted by atomic mass is 9.95. The van der Waals surface area contributed by atoms with Gasteiger partial charge in [-0.15, -0.1) is 0 Å². The Labute approximate surface area is 86.1 Å². The number of hydrogen-bond donors (Lipinski definition) is 1. The second-order valence-electron chi connectivity index (χ2n) is 3.81. The lowest BCUT2D eigenvalue weighted by molar-refractivity contribution is -0.0327. The summed E-state index contributed by atoms with van der Waals surface area (Å²) < 4.78 is 35.1. The number of aliphatic imine (C=N–C) groups is 1. The van der Waals surface area contributed by atoms with Gasteiger partial charge in [0.15, 0.2) is 0 Å². The van der Waals surface area contributed by atoms with Crippen LogP contribution in [0.25, 0.3) is 0 Å². The molecule has 0 fully saturated rings. The van der Waals surface area contributed by atoms with Gasteiger partial charge in [-0.1, -0.05) is 20.8 Å². The first-order valence-electron chi connectivity index (χ1n) is 4.14. The molecule has 0 aliphatic carbocycles. The van der Waals surface area contributed by atoms with E-state index < -0.39 is 5.51 Å². The molecule has 0 atom stereocenters. The van der Waals surface area contributed by atoms with E-state index in [1.165, 1.54) is 0 Å². The highest BCUT2D eigenvalue weighted by atomic mass is 32.2. The minimum absolute atomic E-state index is 0.0765. The zero-order chi connectivity index (χ0) is 11.4. The molecule has 0 amide bonds. The topological polar surface area (TPSA) is 38.4 Å². The van der Waals surface area contributed by atoms with Gasteiger partial charge in [0.2, 0.25) is 0 Å². The molecule has 0 aliphatic rings. The number of halogens is 3. The Hall–Kier alpha value is -0.390. The highest BCUT2D eigenvalue weighted by molar-refractivity contribution is 8.00. The molecule has 0 aliphatic heterocycles. The number of alkyl halides is 3. The van der Waals surface area contributed by atoms with E-state index in [0.29, 0.717) is 5.84 Å². The van der Waals surface area contributed by atoms with Crippen LogP contribution in [0.4, 0.5) is 13.2 Å². The summed E-state index contributed by atoms with van der Waals surface area (Å²) in [6, 6.07) is 0. The van der Waals surface area contributed by atoms with Crippen LogP contribution in [0.3, 0.4) is 0 Å². The highest BCUT2D eigenvalue weighted by Gasteiger charge is 2.27. The predicted octanol–water partition coefficient (Wildman–Crippen LogP) is 2.64. The maximum absolute atomic E-state index is 11.7. The van der Waals surface area contributed by atoms with Crippen molar-refractivity contribution in [2.24, 2.45) is 16.1 Å². The summed E-state index contributed by atoms with van der Waals surface area (Å²) in [5.41, 5.74) is 1.11. The van der Waals surface area contributed by atoms with Gasteiger partial charge in [-0.3, -0.25) is 4.99 Å². The van der Waals surface area contributed by atoms with Gasteiger partial charge in [-0.05, 0) is 11.8 Å². The lowest BCUT2D eigenvalue weighted by Crippen LogP contribution is -2.29. The average Bonchev–Trinajstić information content (AvgIpc) is 1.93. The number of amidine groups is 1. The SMILES string of the molecule is CC(C)(C)C(N)=NCCSC(F)(F)F. The van der Waals surface area contributed by atoms with E-state index >= 15 is 0 Å². The quantitative estimate of drug-likeness (QED) is 0.458. The van der Waals surface area contributed by atoms with Gasteiger partial charge < -0.3 is 5.73 Å². The Morgan fingerprint density at radius 3 is 2.14 bits per heavy atom. The van der Waals surface area contributed by atoms with E-state index in [1.54, 1.807) is 0 Å². The lowest BCUT2D eigenvalue weighted by Gasteiger charge is -2.17. The zero-order valence-corrected chi connectivity index (χ0v) is 9.30. The molecule has 2 N–H and O–H groups in total. The van der Waals surface area contributed by atoms with E-state index in [-0.39, 0.29) is 29.5 Å². The van der Waals surface area contributed by atoms with Gasteiger partial charge >= 0.3 is 5.51 Å². The Morgan fingerprint density at radius 2 is 1.79 bits per heavy atom. The normalized spacial score (nSPS) is 14.6. The van der Waals surface area contributed by atoms with E-state index in [2.05, 4.69) is 4.99 Å². The number of rotatable bonds is 3. The fourth-order valence-corrected chi connectivity index (χ4v) is 0.979. The number of nitrogens with zero attached hydrogens (tertiary/aromatic N) is 1. The molecular formula is C8H15F3N2S. The first kappa shape index (κ1) is 13.6. The van der Waals surface area contributed by atoms with Crippen LogP contribution in [0, 0.1) is 5.41 Å². The van der Waals surface area contributed by atoms with E-state index in [1.807, 2.05) is 20.8 Å². The largest absolute Gasteiger partial charge is 0.441 e. The first-order chi connectivity index (χ1) is 6.13. The smallest absolute Gasteiger partial charge is 0.387 e. The van der Waals surface area contributed by atoms with E-state index in [9.17, 15) is 13.2 Å². The summed E-state index contributed by atoms with van der Waals surface area (Å²) in [5.74, 6) is 0.306. The van der Waals surface area contributed by atoms with Crippen molar-refractivity contribution < 1.29 is 13.2 Å². The van der Waals surface area contributed by atoms with Crippen LogP contribution in [-0.4, -0.2) is 23.6 Å². The van der Waals surface area contributed by atoms with Crippen LogP contribution in [0.1, 0.15) is 20.8 Å². The summed E-state index contributed by atoms with van der Waals surface area (Å²) in [4.78, 5) is 3.87. The molecule has 14 heavy (non-hydrogen) atoms. The van der Waals surface area contributed by atoms with E-state index in [0.717, 1.165) is 0 Å². The Bertz CT molecular complexity index is 206. The molecule has 0 aromatic rings. The molecule has 84 valence electrons. The fourth-order valence-electron chi connectivity index (χ4n) is 0.565. The summed E-state index contributed by atoms with van der Waals surface area (Å²) in [5, 5.41) is 0. The Morgan fingerprint density at radius 1 is 1.29 bits per heavy atom. The van der Waals surface area contributed by atoms with Crippen molar-refractivity contribution in [3.63, 3.8) is 0 Å². The molecular weight excluding hydrogens is 213 g/mol. The minimum Gasteiger partial charge on any atom is -0.387 e. The third kappa shape index (κ3) is 7.06. The molecule has 0 saturated heterocycles. The number of thioether (sulfide) groups is 1. The number of hydrogen-bond acceptors (Lipinski definition) is 2. The Balaban J connectivity index is 3.84. The van der Waals surface area contributed by atoms with Gasteiger partial charge in [0.05, 0.1) is 12.4 Å². The van der Waals surface area contributed by atoms with E-state index in [4.69, 9.17) is 5.73 Å². The standard InChI is InChI=1S/C8H15F3N2S/c1-7(2,3)6(12)13-4-5-14-8(9,10)11/h4-5H2,1-3H3,(H2,12,13). The third-order valence-electron chi connectivity index (χ3n) is 1.41. The third-order valence-corrected chi connectivity index (χ3v) is 2.12. The molecule has 0 unspecified atom stereocenters. The molecule has 0 rings (SSSR count). The fraction of sp³-hybridized carbons (Fsp3) is 0.875. The van der Waals surface area contributed by atoms with Crippen LogP contribution in [0.15, 0.2) is 4.99 Å². The molecule has 0 aromatic heterocycles. The van der Waals surface area contributed by atoms with Crippen LogP contribution in [0.2, 0.25) is 0 Å². The molecule has 0 aromatic carbocycles. The second-order valence-corrected chi connectivity index (χ2v) is 4.97. The molecule has 0 radical (unpaired) electrons. The zero-order valence-electron chi connectivity index (χ0n) is 8.48. The summed E-state index contributed by atoms with van der Waals surface area (Å²) >= 11 is -0.0765. The molecule has 6 heteroatoms. The monoisotopic (exact) mass is 228 g/mol. The van der Waals surface area contributed by atoms with Crippen molar-refractivity contribution in [1.82, 2.24) is 0 Å². The number of nitrogens with two attached hydrogens (primary N) is 1.